The Hall–Kier alpha value is -7.51. The maximum atomic E-state index is 2.49. The number of hydrogen-bond donors (Lipinski definition) is 0. The standard InChI is InChI=1S/C72H72N2Si2/c1-71(2,3)51-27-31-53(32-28-51)73(55-35-41-59(42-36-55)75(7,8)9)57-39-45-65-67(47-57)69(63-25-17-21-49-19-13-15-23-61(49)63)66-46-40-58(48-68(66)70(65)64-26-18-22-50-20-14-16-24-62(50)64)74(54-33-29-52(30-34-54)72(4,5)6)56-37-43-60(44-38-56)76(10,11)12/h13-48H,1-12H3. The Morgan fingerprint density at radius 3 is 0.908 bits per heavy atom. The maximum Gasteiger partial charge on any atom is 0.0775 e. The van der Waals surface area contributed by atoms with E-state index in [1.54, 1.807) is 0 Å². The highest BCUT2D eigenvalue weighted by Gasteiger charge is 2.26. The van der Waals surface area contributed by atoms with Crippen LogP contribution in [0, 0.1) is 0 Å². The van der Waals surface area contributed by atoms with Crippen LogP contribution >= 0.6 is 0 Å². The van der Waals surface area contributed by atoms with E-state index in [1.165, 1.54) is 86.8 Å². The summed E-state index contributed by atoms with van der Waals surface area (Å²) in [6.07, 6.45) is 0. The normalized spacial score (nSPS) is 12.5. The Bertz CT molecular complexity index is 3550. The lowest BCUT2D eigenvalue weighted by molar-refractivity contribution is 0.590. The fraction of sp³-hybridized carbons (Fsp3) is 0.194. The first-order valence-corrected chi connectivity index (χ1v) is 34.2. The molecule has 0 saturated carbocycles. The first-order valence-electron chi connectivity index (χ1n) is 27.2. The third kappa shape index (κ3) is 9.59. The smallest absolute Gasteiger partial charge is 0.0775 e. The number of anilines is 6. The van der Waals surface area contributed by atoms with Crippen LogP contribution in [0.2, 0.25) is 39.3 Å². The fourth-order valence-electron chi connectivity index (χ4n) is 11.3. The highest BCUT2D eigenvalue weighted by molar-refractivity contribution is 6.89. The fourth-order valence-corrected chi connectivity index (χ4v) is 13.6. The maximum absolute atomic E-state index is 2.49. The summed E-state index contributed by atoms with van der Waals surface area (Å²) < 4.78 is 0. The molecule has 0 bridgehead atoms. The molecule has 0 fully saturated rings. The van der Waals surface area contributed by atoms with E-state index >= 15 is 0 Å². The molecule has 0 saturated heterocycles. The summed E-state index contributed by atoms with van der Waals surface area (Å²) >= 11 is 0. The van der Waals surface area contributed by atoms with Crippen molar-refractivity contribution < 1.29 is 0 Å². The Morgan fingerprint density at radius 1 is 0.276 bits per heavy atom. The van der Waals surface area contributed by atoms with E-state index in [0.29, 0.717) is 0 Å². The number of nitrogens with zero attached hydrogens (tertiary/aromatic N) is 2. The molecule has 0 aromatic heterocycles. The van der Waals surface area contributed by atoms with Gasteiger partial charge in [-0.25, -0.2) is 0 Å². The first-order chi connectivity index (χ1) is 36.2. The Morgan fingerprint density at radius 2 is 0.579 bits per heavy atom. The molecule has 0 unspecified atom stereocenters. The summed E-state index contributed by atoms with van der Waals surface area (Å²) in [4.78, 5) is 4.93. The Kier molecular flexibility index (Phi) is 12.8. The van der Waals surface area contributed by atoms with E-state index in [9.17, 15) is 0 Å². The number of benzene rings is 11. The van der Waals surface area contributed by atoms with Crippen LogP contribution in [0.15, 0.2) is 218 Å². The molecule has 4 heteroatoms. The van der Waals surface area contributed by atoms with Gasteiger partial charge in [-0.1, -0.05) is 237 Å². The number of fused-ring (bicyclic) bond motifs is 4. The summed E-state index contributed by atoms with van der Waals surface area (Å²) in [7, 11) is -3.11. The van der Waals surface area contributed by atoms with Crippen LogP contribution in [0.5, 0.6) is 0 Å². The van der Waals surface area contributed by atoms with Crippen molar-refractivity contribution in [3.8, 4) is 22.3 Å². The van der Waals surface area contributed by atoms with E-state index in [2.05, 4.69) is 309 Å². The van der Waals surface area contributed by atoms with E-state index < -0.39 is 16.1 Å². The molecular formula is C72H72N2Si2. The van der Waals surface area contributed by atoms with Crippen LogP contribution < -0.4 is 20.2 Å². The molecule has 76 heavy (non-hydrogen) atoms. The largest absolute Gasteiger partial charge is 0.310 e. The van der Waals surface area contributed by atoms with Gasteiger partial charge in [-0.3, -0.25) is 0 Å². The minimum Gasteiger partial charge on any atom is -0.310 e. The van der Waals surface area contributed by atoms with Crippen molar-refractivity contribution in [2.45, 2.75) is 91.7 Å². The zero-order chi connectivity index (χ0) is 53.3. The van der Waals surface area contributed by atoms with Crippen molar-refractivity contribution in [1.29, 1.82) is 0 Å². The molecule has 0 atom stereocenters. The second-order valence-corrected chi connectivity index (χ2v) is 35.3. The molecule has 11 aromatic carbocycles. The zero-order valence-corrected chi connectivity index (χ0v) is 48.7. The molecule has 0 heterocycles. The molecule has 2 nitrogen and oxygen atoms in total. The Balaban J connectivity index is 1.25. The molecule has 0 amide bonds. The quantitative estimate of drug-likeness (QED) is 0.0995. The van der Waals surface area contributed by atoms with E-state index in [4.69, 9.17) is 0 Å². The highest BCUT2D eigenvalue weighted by Crippen LogP contribution is 2.50. The van der Waals surface area contributed by atoms with Crippen molar-refractivity contribution >= 4 is 104 Å². The third-order valence-electron chi connectivity index (χ3n) is 15.7. The summed E-state index contributed by atoms with van der Waals surface area (Å²) in [5.74, 6) is 0. The van der Waals surface area contributed by atoms with Crippen molar-refractivity contribution in [3.63, 3.8) is 0 Å². The summed E-state index contributed by atoms with van der Waals surface area (Å²) in [5, 5.41) is 12.7. The van der Waals surface area contributed by atoms with Crippen molar-refractivity contribution in [3.05, 3.63) is 230 Å². The van der Waals surface area contributed by atoms with Gasteiger partial charge in [0.05, 0.1) is 16.1 Å². The lowest BCUT2D eigenvalue weighted by Crippen LogP contribution is -2.37. The van der Waals surface area contributed by atoms with Crippen LogP contribution in [-0.4, -0.2) is 16.1 Å². The summed E-state index contributed by atoms with van der Waals surface area (Å²) in [5.41, 5.74) is 14.4. The molecule has 0 spiro atoms. The molecular weight excluding hydrogens is 949 g/mol. The predicted molar refractivity (Wildman–Crippen MR) is 340 cm³/mol. The van der Waals surface area contributed by atoms with Gasteiger partial charge in [-0.2, -0.15) is 0 Å². The number of hydrogen-bond acceptors (Lipinski definition) is 2. The second kappa shape index (κ2) is 19.3. The summed E-state index contributed by atoms with van der Waals surface area (Å²) in [6.45, 7) is 28.3. The number of rotatable bonds is 10. The van der Waals surface area contributed by atoms with Crippen molar-refractivity contribution in [1.82, 2.24) is 0 Å². The van der Waals surface area contributed by atoms with Crippen LogP contribution in [0.4, 0.5) is 34.1 Å². The molecule has 0 radical (unpaired) electrons. The van der Waals surface area contributed by atoms with Gasteiger partial charge < -0.3 is 9.80 Å². The van der Waals surface area contributed by atoms with Crippen LogP contribution in [0.25, 0.3) is 65.3 Å². The third-order valence-corrected chi connectivity index (χ3v) is 19.8. The van der Waals surface area contributed by atoms with E-state index in [-0.39, 0.29) is 10.8 Å². The van der Waals surface area contributed by atoms with Gasteiger partial charge in [0.15, 0.2) is 0 Å². The molecule has 378 valence electrons. The molecule has 11 rings (SSSR count). The lowest BCUT2D eigenvalue weighted by atomic mass is 9.83. The average molecular weight is 1020 g/mol. The van der Waals surface area contributed by atoms with Gasteiger partial charge in [0.1, 0.15) is 0 Å². The van der Waals surface area contributed by atoms with Gasteiger partial charge in [0.2, 0.25) is 0 Å². The van der Waals surface area contributed by atoms with E-state index in [1.807, 2.05) is 0 Å². The summed E-state index contributed by atoms with van der Waals surface area (Å²) in [6, 6.07) is 83.4. The van der Waals surface area contributed by atoms with Gasteiger partial charge >= 0.3 is 0 Å². The predicted octanol–water partition coefficient (Wildman–Crippen LogP) is 20.3. The Labute approximate surface area is 454 Å². The van der Waals surface area contributed by atoms with Crippen LogP contribution in [-0.2, 0) is 10.8 Å². The van der Waals surface area contributed by atoms with Crippen LogP contribution in [0.1, 0.15) is 52.7 Å². The van der Waals surface area contributed by atoms with Gasteiger partial charge in [-0.05, 0) is 160 Å². The average Bonchev–Trinajstić information content (AvgIpc) is 3.41. The molecule has 0 aliphatic carbocycles. The monoisotopic (exact) mass is 1020 g/mol. The van der Waals surface area contributed by atoms with Gasteiger partial charge in [0, 0.05) is 34.1 Å². The van der Waals surface area contributed by atoms with Crippen molar-refractivity contribution in [2.24, 2.45) is 0 Å². The van der Waals surface area contributed by atoms with Gasteiger partial charge in [-0.15, -0.1) is 0 Å². The first kappa shape index (κ1) is 50.6. The van der Waals surface area contributed by atoms with E-state index in [0.717, 1.165) is 34.1 Å². The highest BCUT2D eigenvalue weighted by atomic mass is 28.3. The zero-order valence-electron chi connectivity index (χ0n) is 46.7. The minimum absolute atomic E-state index is 0.0315. The van der Waals surface area contributed by atoms with Crippen molar-refractivity contribution in [2.75, 3.05) is 9.80 Å². The SMILES string of the molecule is CC(C)(C)c1ccc(N(c2ccc([Si](C)(C)C)cc2)c2ccc3c(-c4cccc5ccccc45)c4cc(N(c5ccc(C(C)(C)C)cc5)c5ccc([Si](C)(C)C)cc5)ccc4c(-c4cccc5ccccc45)c3c2)cc1. The second-order valence-electron chi connectivity index (χ2n) is 25.1. The minimum atomic E-state index is -1.56. The topological polar surface area (TPSA) is 6.48 Å². The molecule has 0 aliphatic rings. The van der Waals surface area contributed by atoms with Gasteiger partial charge in [0.25, 0.3) is 0 Å². The lowest BCUT2D eigenvalue weighted by Gasteiger charge is -2.30. The molecule has 11 aromatic rings. The molecule has 0 N–H and O–H groups in total. The van der Waals surface area contributed by atoms with Crippen LogP contribution in [0.3, 0.4) is 0 Å². The molecule has 0 aliphatic heterocycles.